The van der Waals surface area contributed by atoms with Gasteiger partial charge in [-0.3, -0.25) is 4.79 Å². The summed E-state index contributed by atoms with van der Waals surface area (Å²) in [6.07, 6.45) is -0.909. The molecule has 0 aliphatic heterocycles. The van der Waals surface area contributed by atoms with Gasteiger partial charge in [0.05, 0.1) is 0 Å². The van der Waals surface area contributed by atoms with Crippen molar-refractivity contribution >= 4 is 57.2 Å². The first-order chi connectivity index (χ1) is 10.3. The molecule has 0 radical (unpaired) electrons. The zero-order valence-corrected chi connectivity index (χ0v) is 14.8. The predicted molar refractivity (Wildman–Crippen MR) is 91.6 cm³/mol. The average Bonchev–Trinajstić information content (AvgIpc) is 2.86. The average molecular weight is 380 g/mol. The molecule has 1 aromatic heterocycles. The lowest BCUT2D eigenvalue weighted by Gasteiger charge is -2.25. The van der Waals surface area contributed by atoms with Crippen molar-refractivity contribution in [2.45, 2.75) is 23.8 Å². The molecule has 0 spiro atoms. The molecule has 1 aromatic carbocycles. The van der Waals surface area contributed by atoms with Gasteiger partial charge in [-0.2, -0.15) is 0 Å². The van der Waals surface area contributed by atoms with E-state index in [1.807, 2.05) is 31.2 Å². The number of carbonyl (C=O) groups excluding carboxylic acids is 1. The number of rotatable bonds is 4. The van der Waals surface area contributed by atoms with E-state index in [9.17, 15) is 4.79 Å². The van der Waals surface area contributed by atoms with Crippen molar-refractivity contribution in [3.05, 3.63) is 29.8 Å². The Balaban J connectivity index is 2.16. The molecule has 2 N–H and O–H groups in total. The van der Waals surface area contributed by atoms with Gasteiger partial charge in [-0.25, -0.2) is 0 Å². The SMILES string of the molecule is CC(=O)N[C@H](Nc1nnc(-c2ccc(C)cc2)s1)C(Cl)(Cl)Cl. The number of aryl methyl sites for hydroxylation is 1. The number of alkyl halides is 3. The van der Waals surface area contributed by atoms with Gasteiger partial charge >= 0.3 is 0 Å². The van der Waals surface area contributed by atoms with Crippen LogP contribution in [0.25, 0.3) is 10.6 Å². The Bertz CT molecular complexity index is 654. The molecule has 2 rings (SSSR count). The molecule has 1 amide bonds. The van der Waals surface area contributed by atoms with Crippen molar-refractivity contribution in [2.75, 3.05) is 5.32 Å². The highest BCUT2D eigenvalue weighted by Gasteiger charge is 2.34. The second kappa shape index (κ2) is 7.00. The van der Waals surface area contributed by atoms with Gasteiger partial charge in [0.1, 0.15) is 11.2 Å². The highest BCUT2D eigenvalue weighted by atomic mass is 35.6. The van der Waals surface area contributed by atoms with E-state index in [1.54, 1.807) is 0 Å². The maximum atomic E-state index is 11.2. The number of halogens is 3. The van der Waals surface area contributed by atoms with Crippen molar-refractivity contribution in [2.24, 2.45) is 0 Å². The third kappa shape index (κ3) is 4.71. The molecule has 0 saturated carbocycles. The number of hydrogen-bond donors (Lipinski definition) is 2. The van der Waals surface area contributed by atoms with E-state index in [-0.39, 0.29) is 5.91 Å². The molecule has 0 aliphatic rings. The quantitative estimate of drug-likeness (QED) is 0.627. The summed E-state index contributed by atoms with van der Waals surface area (Å²) >= 11 is 18.8. The van der Waals surface area contributed by atoms with Crippen molar-refractivity contribution in [3.63, 3.8) is 0 Å². The van der Waals surface area contributed by atoms with Gasteiger partial charge in [0, 0.05) is 12.5 Å². The van der Waals surface area contributed by atoms with Crippen LogP contribution in [-0.2, 0) is 4.79 Å². The summed E-state index contributed by atoms with van der Waals surface area (Å²) in [5.74, 6) is -0.327. The second-order valence-electron chi connectivity index (χ2n) is 4.60. The molecule has 22 heavy (non-hydrogen) atoms. The first-order valence-corrected chi connectivity index (χ1v) is 8.21. The van der Waals surface area contributed by atoms with Gasteiger partial charge in [-0.05, 0) is 6.92 Å². The lowest BCUT2D eigenvalue weighted by atomic mass is 10.2. The van der Waals surface area contributed by atoms with Crippen LogP contribution in [0.2, 0.25) is 0 Å². The fraction of sp³-hybridized carbons (Fsp3) is 0.308. The highest BCUT2D eigenvalue weighted by Crippen LogP contribution is 2.33. The molecular weight excluding hydrogens is 367 g/mol. The number of benzene rings is 1. The molecular formula is C13H13Cl3N4OS. The van der Waals surface area contributed by atoms with Crippen LogP contribution in [0, 0.1) is 6.92 Å². The summed E-state index contributed by atoms with van der Waals surface area (Å²) in [6, 6.07) is 7.90. The van der Waals surface area contributed by atoms with E-state index in [1.165, 1.54) is 18.3 Å². The monoisotopic (exact) mass is 378 g/mol. The van der Waals surface area contributed by atoms with Crippen LogP contribution in [0.1, 0.15) is 12.5 Å². The number of carbonyl (C=O) groups is 1. The van der Waals surface area contributed by atoms with E-state index < -0.39 is 9.96 Å². The zero-order chi connectivity index (χ0) is 16.3. The molecule has 0 unspecified atom stereocenters. The van der Waals surface area contributed by atoms with E-state index in [2.05, 4.69) is 20.8 Å². The first kappa shape index (κ1) is 17.3. The Labute approximate surface area is 147 Å². The molecule has 0 bridgehead atoms. The Morgan fingerprint density at radius 2 is 1.86 bits per heavy atom. The fourth-order valence-corrected chi connectivity index (χ4v) is 2.73. The van der Waals surface area contributed by atoms with Crippen molar-refractivity contribution in [1.29, 1.82) is 0 Å². The van der Waals surface area contributed by atoms with Gasteiger partial charge in [0.2, 0.25) is 14.8 Å². The molecule has 5 nitrogen and oxygen atoms in total. The minimum Gasteiger partial charge on any atom is -0.336 e. The fourth-order valence-electron chi connectivity index (χ4n) is 1.62. The van der Waals surface area contributed by atoms with Gasteiger partial charge in [-0.15, -0.1) is 10.2 Å². The third-order valence-corrected chi connectivity index (χ3v) is 4.22. The topological polar surface area (TPSA) is 66.9 Å². The molecule has 0 saturated heterocycles. The van der Waals surface area contributed by atoms with Crippen molar-refractivity contribution in [1.82, 2.24) is 15.5 Å². The molecule has 1 heterocycles. The minimum absolute atomic E-state index is 0.327. The zero-order valence-electron chi connectivity index (χ0n) is 11.7. The van der Waals surface area contributed by atoms with Crippen LogP contribution in [0.4, 0.5) is 5.13 Å². The summed E-state index contributed by atoms with van der Waals surface area (Å²) in [5, 5.41) is 14.7. The van der Waals surface area contributed by atoms with Gasteiger partial charge in [0.15, 0.2) is 0 Å². The molecule has 1 atom stereocenters. The van der Waals surface area contributed by atoms with E-state index in [4.69, 9.17) is 34.8 Å². The normalized spacial score (nSPS) is 12.8. The summed E-state index contributed by atoms with van der Waals surface area (Å²) in [6.45, 7) is 3.35. The molecule has 0 fully saturated rings. The van der Waals surface area contributed by atoms with E-state index in [0.29, 0.717) is 5.13 Å². The van der Waals surface area contributed by atoms with Crippen molar-refractivity contribution < 1.29 is 4.79 Å². The summed E-state index contributed by atoms with van der Waals surface area (Å²) in [4.78, 5) is 11.2. The second-order valence-corrected chi connectivity index (χ2v) is 7.94. The number of nitrogens with one attached hydrogen (secondary N) is 2. The Hall–Kier alpha value is -1.08. The number of amides is 1. The predicted octanol–water partition coefficient (Wildman–Crippen LogP) is 3.76. The Morgan fingerprint density at radius 1 is 1.23 bits per heavy atom. The number of aromatic nitrogens is 2. The van der Waals surface area contributed by atoms with Crippen LogP contribution in [0.5, 0.6) is 0 Å². The molecule has 118 valence electrons. The summed E-state index contributed by atoms with van der Waals surface area (Å²) in [5.41, 5.74) is 2.11. The maximum absolute atomic E-state index is 11.2. The van der Waals surface area contributed by atoms with Crippen LogP contribution in [-0.4, -0.2) is 26.1 Å². The maximum Gasteiger partial charge on any atom is 0.228 e. The number of hydrogen-bond acceptors (Lipinski definition) is 5. The Kier molecular flexibility index (Phi) is 5.50. The van der Waals surface area contributed by atoms with Gasteiger partial charge < -0.3 is 10.6 Å². The van der Waals surface area contributed by atoms with Crippen LogP contribution >= 0.6 is 46.1 Å². The highest BCUT2D eigenvalue weighted by molar-refractivity contribution is 7.18. The largest absolute Gasteiger partial charge is 0.336 e. The van der Waals surface area contributed by atoms with Gasteiger partial charge in [-0.1, -0.05) is 76.0 Å². The molecule has 2 aromatic rings. The smallest absolute Gasteiger partial charge is 0.228 e. The van der Waals surface area contributed by atoms with E-state index >= 15 is 0 Å². The van der Waals surface area contributed by atoms with Crippen molar-refractivity contribution in [3.8, 4) is 10.6 Å². The Morgan fingerprint density at radius 3 is 2.41 bits per heavy atom. The first-order valence-electron chi connectivity index (χ1n) is 6.26. The summed E-state index contributed by atoms with van der Waals surface area (Å²) < 4.78 is -1.72. The lowest BCUT2D eigenvalue weighted by Crippen LogP contribution is -2.48. The van der Waals surface area contributed by atoms with E-state index in [0.717, 1.165) is 16.1 Å². The number of anilines is 1. The number of nitrogens with zero attached hydrogens (tertiary/aromatic N) is 2. The van der Waals surface area contributed by atoms with Crippen LogP contribution in [0.15, 0.2) is 24.3 Å². The van der Waals surface area contributed by atoms with Gasteiger partial charge in [0.25, 0.3) is 0 Å². The third-order valence-electron chi connectivity index (χ3n) is 2.67. The molecule has 0 aliphatic carbocycles. The van der Waals surface area contributed by atoms with Crippen LogP contribution < -0.4 is 10.6 Å². The molecule has 9 heteroatoms. The summed E-state index contributed by atoms with van der Waals surface area (Å²) in [7, 11) is 0. The van der Waals surface area contributed by atoms with Crippen LogP contribution in [0.3, 0.4) is 0 Å². The lowest BCUT2D eigenvalue weighted by molar-refractivity contribution is -0.119. The minimum atomic E-state index is -1.72. The standard InChI is InChI=1S/C13H13Cl3N4OS/c1-7-3-5-9(6-4-7)10-19-20-12(22-10)18-11(13(14,15)16)17-8(2)21/h3-6,11H,1-2H3,(H,17,21)(H,18,20)/t11-/m1/s1.